The van der Waals surface area contributed by atoms with E-state index in [1.807, 2.05) is 0 Å². The number of nitrogens with one attached hydrogen (secondary N) is 1. The van der Waals surface area contributed by atoms with E-state index in [4.69, 9.17) is 27.9 Å². The minimum absolute atomic E-state index is 0.0824. The molecule has 0 unspecified atom stereocenters. The van der Waals surface area contributed by atoms with Crippen LogP contribution in [0.25, 0.3) is 0 Å². The molecule has 36 heavy (non-hydrogen) atoms. The number of amides is 2. The fraction of sp³-hybridized carbons (Fsp3) is 0.440. The van der Waals surface area contributed by atoms with E-state index in [0.29, 0.717) is 5.75 Å². The van der Waals surface area contributed by atoms with Crippen molar-refractivity contribution in [3.05, 3.63) is 58.1 Å². The van der Waals surface area contributed by atoms with Crippen LogP contribution < -0.4 is 14.4 Å². The van der Waals surface area contributed by atoms with E-state index in [9.17, 15) is 18.0 Å². The monoisotopic (exact) mass is 555 g/mol. The summed E-state index contributed by atoms with van der Waals surface area (Å²) in [5, 5.41) is 3.50. The number of halogens is 2. The number of carbonyl (C=O) groups excluding carboxylic acids is 2. The summed E-state index contributed by atoms with van der Waals surface area (Å²) in [4.78, 5) is 28.1. The summed E-state index contributed by atoms with van der Waals surface area (Å²) in [5.41, 5.74) is 0.928. The van der Waals surface area contributed by atoms with Gasteiger partial charge in [0, 0.05) is 22.6 Å². The Morgan fingerprint density at radius 2 is 1.67 bits per heavy atom. The Bertz CT molecular complexity index is 1160. The Hall–Kier alpha value is -2.49. The molecule has 1 atom stereocenters. The number of rotatable bonds is 10. The van der Waals surface area contributed by atoms with Gasteiger partial charge in [-0.3, -0.25) is 13.9 Å². The number of nitrogens with zero attached hydrogens (tertiary/aromatic N) is 2. The highest BCUT2D eigenvalue weighted by atomic mass is 35.5. The predicted molar refractivity (Wildman–Crippen MR) is 142 cm³/mol. The van der Waals surface area contributed by atoms with Gasteiger partial charge < -0.3 is 15.0 Å². The molecule has 2 aromatic rings. The Kier molecular flexibility index (Phi) is 9.49. The van der Waals surface area contributed by atoms with Crippen molar-refractivity contribution in [3.63, 3.8) is 0 Å². The molecule has 3 rings (SSSR count). The first kappa shape index (κ1) is 28.1. The summed E-state index contributed by atoms with van der Waals surface area (Å²) < 4.78 is 31.4. The van der Waals surface area contributed by atoms with Gasteiger partial charge in [0.2, 0.25) is 21.8 Å². The van der Waals surface area contributed by atoms with Gasteiger partial charge in [0.25, 0.3) is 0 Å². The smallest absolute Gasteiger partial charge is 0.244 e. The molecule has 1 saturated carbocycles. The van der Waals surface area contributed by atoms with Gasteiger partial charge in [-0.15, -0.1) is 0 Å². The van der Waals surface area contributed by atoms with Gasteiger partial charge in [-0.05, 0) is 55.7 Å². The van der Waals surface area contributed by atoms with Crippen LogP contribution in [-0.2, 0) is 26.2 Å². The number of benzene rings is 2. The Morgan fingerprint density at radius 3 is 2.19 bits per heavy atom. The van der Waals surface area contributed by atoms with Crippen molar-refractivity contribution in [3.8, 4) is 5.75 Å². The van der Waals surface area contributed by atoms with Gasteiger partial charge in [0.1, 0.15) is 18.3 Å². The normalized spacial score (nSPS) is 14.8. The molecule has 2 amide bonds. The number of carbonyl (C=O) groups is 2. The van der Waals surface area contributed by atoms with E-state index in [-0.39, 0.29) is 34.2 Å². The molecular weight excluding hydrogens is 525 g/mol. The Balaban J connectivity index is 1.89. The lowest BCUT2D eigenvalue weighted by atomic mass is 10.1. The predicted octanol–water partition coefficient (Wildman–Crippen LogP) is 4.24. The average molecular weight is 557 g/mol. The molecule has 8 nitrogen and oxygen atoms in total. The fourth-order valence-electron chi connectivity index (χ4n) is 4.20. The summed E-state index contributed by atoms with van der Waals surface area (Å²) in [7, 11) is -2.32. The van der Waals surface area contributed by atoms with Gasteiger partial charge in [0.15, 0.2) is 0 Å². The molecule has 2 aromatic carbocycles. The van der Waals surface area contributed by atoms with E-state index >= 15 is 0 Å². The molecule has 196 valence electrons. The van der Waals surface area contributed by atoms with Gasteiger partial charge in [-0.1, -0.05) is 48.2 Å². The Morgan fingerprint density at radius 1 is 1.08 bits per heavy atom. The molecule has 1 aliphatic carbocycles. The van der Waals surface area contributed by atoms with Crippen molar-refractivity contribution in [2.75, 3.05) is 24.2 Å². The molecule has 0 heterocycles. The maximum atomic E-state index is 13.6. The lowest BCUT2D eigenvalue weighted by Gasteiger charge is -2.32. The van der Waals surface area contributed by atoms with Gasteiger partial charge in [-0.2, -0.15) is 0 Å². The van der Waals surface area contributed by atoms with Crippen LogP contribution >= 0.6 is 23.2 Å². The minimum Gasteiger partial charge on any atom is -0.497 e. The van der Waals surface area contributed by atoms with Crippen molar-refractivity contribution in [2.24, 2.45) is 0 Å². The molecule has 0 spiro atoms. The van der Waals surface area contributed by atoms with Crippen LogP contribution in [0.3, 0.4) is 0 Å². The molecular formula is C25H31Cl2N3O5S. The van der Waals surface area contributed by atoms with E-state index in [2.05, 4.69) is 5.32 Å². The molecule has 1 fully saturated rings. The third kappa shape index (κ3) is 7.51. The number of ether oxygens (including phenoxy) is 1. The standard InChI is InChI=1S/C25H31Cl2N3O5S/c1-17(25(32)28-21-6-4-5-7-21)29(15-18-8-10-23(35-2)11-9-18)24(31)16-30(36(3,33)34)22-13-19(26)12-20(27)14-22/h8-14,17,21H,4-7,15-16H2,1-3H3,(H,28,32)/t17-/m0/s1. The lowest BCUT2D eigenvalue weighted by molar-refractivity contribution is -0.139. The van der Waals surface area contributed by atoms with Crippen molar-refractivity contribution in [1.82, 2.24) is 10.2 Å². The molecule has 0 saturated heterocycles. The number of sulfonamides is 1. The van der Waals surface area contributed by atoms with Crippen molar-refractivity contribution < 1.29 is 22.7 Å². The van der Waals surface area contributed by atoms with Gasteiger partial charge >= 0.3 is 0 Å². The number of methoxy groups -OCH3 is 1. The third-order valence-corrected chi connectivity index (χ3v) is 7.77. The third-order valence-electron chi connectivity index (χ3n) is 6.20. The van der Waals surface area contributed by atoms with Gasteiger partial charge in [-0.25, -0.2) is 8.42 Å². The van der Waals surface area contributed by atoms with Crippen LogP contribution in [0.1, 0.15) is 38.2 Å². The van der Waals surface area contributed by atoms with Gasteiger partial charge in [0.05, 0.1) is 19.1 Å². The first-order valence-electron chi connectivity index (χ1n) is 11.6. The highest BCUT2D eigenvalue weighted by molar-refractivity contribution is 7.92. The van der Waals surface area contributed by atoms with Crippen LogP contribution in [0.5, 0.6) is 5.75 Å². The number of anilines is 1. The maximum Gasteiger partial charge on any atom is 0.244 e. The van der Waals surface area contributed by atoms with Crippen molar-refractivity contribution >= 4 is 50.7 Å². The first-order chi connectivity index (χ1) is 17.0. The van der Waals surface area contributed by atoms with Crippen LogP contribution in [0.4, 0.5) is 5.69 Å². The second-order valence-corrected chi connectivity index (χ2v) is 11.7. The highest BCUT2D eigenvalue weighted by Gasteiger charge is 2.31. The van der Waals surface area contributed by atoms with Crippen LogP contribution in [0, 0.1) is 0 Å². The quantitative estimate of drug-likeness (QED) is 0.472. The number of hydrogen-bond donors (Lipinski definition) is 1. The molecule has 11 heteroatoms. The van der Waals surface area contributed by atoms with Crippen molar-refractivity contribution in [1.29, 1.82) is 0 Å². The van der Waals surface area contributed by atoms with E-state index < -0.39 is 28.5 Å². The van der Waals surface area contributed by atoms with E-state index in [1.165, 1.54) is 23.1 Å². The van der Waals surface area contributed by atoms with Crippen LogP contribution in [-0.4, -0.2) is 57.1 Å². The molecule has 1 aliphatic rings. The largest absolute Gasteiger partial charge is 0.497 e. The average Bonchev–Trinajstić information content (AvgIpc) is 3.32. The fourth-order valence-corrected chi connectivity index (χ4v) is 5.55. The first-order valence-corrected chi connectivity index (χ1v) is 14.2. The van der Waals surface area contributed by atoms with Crippen molar-refractivity contribution in [2.45, 2.75) is 51.2 Å². The SMILES string of the molecule is COc1ccc(CN(C(=O)CN(c2cc(Cl)cc(Cl)c2)S(C)(=O)=O)[C@@H](C)C(=O)NC2CCCC2)cc1. The van der Waals surface area contributed by atoms with E-state index in [1.54, 1.807) is 38.3 Å². The summed E-state index contributed by atoms with van der Waals surface area (Å²) in [5.74, 6) is -0.161. The summed E-state index contributed by atoms with van der Waals surface area (Å²) in [6, 6.07) is 10.7. The zero-order chi connectivity index (χ0) is 26.5. The second-order valence-electron chi connectivity index (χ2n) is 8.93. The topological polar surface area (TPSA) is 96.0 Å². The van der Waals surface area contributed by atoms with Crippen LogP contribution in [0.15, 0.2) is 42.5 Å². The highest BCUT2D eigenvalue weighted by Crippen LogP contribution is 2.27. The molecule has 0 bridgehead atoms. The van der Waals surface area contributed by atoms with Crippen LogP contribution in [0.2, 0.25) is 10.0 Å². The zero-order valence-corrected chi connectivity index (χ0v) is 22.9. The summed E-state index contributed by atoms with van der Waals surface area (Å²) in [6.45, 7) is 1.23. The molecule has 0 aromatic heterocycles. The van der Waals surface area contributed by atoms with E-state index in [0.717, 1.165) is 41.8 Å². The number of hydrogen-bond acceptors (Lipinski definition) is 5. The molecule has 1 N–H and O–H groups in total. The lowest BCUT2D eigenvalue weighted by Crippen LogP contribution is -2.52. The zero-order valence-electron chi connectivity index (χ0n) is 20.5. The second kappa shape index (κ2) is 12.2. The maximum absolute atomic E-state index is 13.6. The summed E-state index contributed by atoms with van der Waals surface area (Å²) in [6.07, 6.45) is 4.92. The summed E-state index contributed by atoms with van der Waals surface area (Å²) >= 11 is 12.2. The molecule has 0 aliphatic heterocycles. The Labute approximate surface area is 222 Å². The minimum atomic E-state index is -3.88. The molecule has 0 radical (unpaired) electrons.